The topological polar surface area (TPSA) is 32.8 Å². The van der Waals surface area contributed by atoms with Crippen molar-refractivity contribution in [3.63, 3.8) is 0 Å². The van der Waals surface area contributed by atoms with E-state index in [0.717, 1.165) is 29.8 Å². The van der Waals surface area contributed by atoms with Gasteiger partial charge in [0.1, 0.15) is 4.32 Å². The molecule has 0 spiro atoms. The summed E-state index contributed by atoms with van der Waals surface area (Å²) in [6, 6.07) is 17.4. The zero-order valence-corrected chi connectivity index (χ0v) is 18.6. The van der Waals surface area contributed by atoms with Crippen molar-refractivity contribution in [3.8, 4) is 0 Å². The van der Waals surface area contributed by atoms with Crippen LogP contribution in [0, 0.1) is 5.92 Å². The van der Waals surface area contributed by atoms with Crippen molar-refractivity contribution in [3.05, 3.63) is 65.2 Å². The lowest BCUT2D eigenvalue weighted by Crippen LogP contribution is -2.42. The molecule has 4 rings (SSSR count). The molecule has 7 heteroatoms. The molecule has 3 atom stereocenters. The SMILES string of the molecule is CCC[C@@H]1ON(c2ccccc2)[C@@H](c2ccc(Cl)cc2)[C@H]1C(=O)N1CCSC1=S. The van der Waals surface area contributed by atoms with Crippen LogP contribution in [0.25, 0.3) is 0 Å². The maximum absolute atomic E-state index is 13.7. The zero-order valence-electron chi connectivity index (χ0n) is 16.2. The standard InChI is InChI=1S/C22H23ClN2O2S2/c1-2-6-18-19(21(26)24-13-14-29-22(24)28)20(15-9-11-16(23)12-10-15)25(27-18)17-7-4-3-5-8-17/h3-5,7-12,18-20H,2,6,13-14H2,1H3/t18-,19-,20-/m0/s1. The lowest BCUT2D eigenvalue weighted by atomic mass is 9.86. The summed E-state index contributed by atoms with van der Waals surface area (Å²) < 4.78 is 0.665. The zero-order chi connectivity index (χ0) is 20.4. The maximum Gasteiger partial charge on any atom is 0.236 e. The van der Waals surface area contributed by atoms with Gasteiger partial charge in [0, 0.05) is 17.3 Å². The van der Waals surface area contributed by atoms with Crippen LogP contribution < -0.4 is 5.06 Å². The fourth-order valence-corrected chi connectivity index (χ4v) is 5.35. The summed E-state index contributed by atoms with van der Waals surface area (Å²) in [5.74, 6) is 0.565. The molecule has 2 aromatic carbocycles. The molecule has 1 amide bonds. The number of anilines is 1. The fraction of sp³-hybridized carbons (Fsp3) is 0.364. The van der Waals surface area contributed by atoms with E-state index in [4.69, 9.17) is 28.7 Å². The predicted octanol–water partition coefficient (Wildman–Crippen LogP) is 5.48. The number of carbonyl (C=O) groups is 1. The van der Waals surface area contributed by atoms with Crippen molar-refractivity contribution in [2.24, 2.45) is 5.92 Å². The van der Waals surface area contributed by atoms with Crippen LogP contribution >= 0.6 is 35.6 Å². The van der Waals surface area contributed by atoms with Gasteiger partial charge in [-0.05, 0) is 36.2 Å². The lowest BCUT2D eigenvalue weighted by molar-refractivity contribution is -0.133. The van der Waals surface area contributed by atoms with Crippen LogP contribution in [-0.2, 0) is 9.63 Å². The Hall–Kier alpha value is -1.60. The number of amides is 1. The van der Waals surface area contributed by atoms with Crippen LogP contribution in [0.1, 0.15) is 31.4 Å². The molecule has 2 fully saturated rings. The van der Waals surface area contributed by atoms with Gasteiger partial charge in [-0.25, -0.2) is 5.06 Å². The van der Waals surface area contributed by atoms with E-state index in [1.807, 2.05) is 59.7 Å². The number of rotatable bonds is 5. The average molecular weight is 447 g/mol. The van der Waals surface area contributed by atoms with Crippen molar-refractivity contribution in [2.45, 2.75) is 31.9 Å². The number of thiocarbonyl (C=S) groups is 1. The Labute approximate surface area is 186 Å². The Balaban J connectivity index is 1.77. The highest BCUT2D eigenvalue weighted by molar-refractivity contribution is 8.23. The van der Waals surface area contributed by atoms with Crippen LogP contribution in [0.3, 0.4) is 0 Å². The molecule has 0 unspecified atom stereocenters. The molecule has 2 aliphatic heterocycles. The molecule has 2 aromatic rings. The third kappa shape index (κ3) is 4.17. The fourth-order valence-electron chi connectivity index (χ4n) is 4.01. The third-order valence-electron chi connectivity index (χ3n) is 5.35. The molecule has 0 aliphatic carbocycles. The summed E-state index contributed by atoms with van der Waals surface area (Å²) in [6.45, 7) is 2.78. The molecule has 2 heterocycles. The van der Waals surface area contributed by atoms with Gasteiger partial charge in [-0.3, -0.25) is 14.5 Å². The Morgan fingerprint density at radius 2 is 1.93 bits per heavy atom. The second kappa shape index (κ2) is 9.04. The van der Waals surface area contributed by atoms with Gasteiger partial charge in [-0.2, -0.15) is 0 Å². The second-order valence-electron chi connectivity index (χ2n) is 7.22. The maximum atomic E-state index is 13.7. The number of hydrogen-bond acceptors (Lipinski definition) is 5. The number of hydrogen-bond donors (Lipinski definition) is 0. The van der Waals surface area contributed by atoms with Crippen LogP contribution in [-0.4, -0.2) is 33.5 Å². The normalized spacial score (nSPS) is 24.3. The second-order valence-corrected chi connectivity index (χ2v) is 9.39. The minimum absolute atomic E-state index is 0.0526. The van der Waals surface area contributed by atoms with Gasteiger partial charge in [-0.1, -0.05) is 79.3 Å². The first-order valence-corrected chi connectivity index (χ1v) is 11.6. The van der Waals surface area contributed by atoms with Crippen molar-refractivity contribution in [2.75, 3.05) is 17.4 Å². The Morgan fingerprint density at radius 1 is 1.21 bits per heavy atom. The van der Waals surface area contributed by atoms with E-state index in [2.05, 4.69) is 6.92 Å². The van der Waals surface area contributed by atoms with Crippen LogP contribution in [0.4, 0.5) is 5.69 Å². The van der Waals surface area contributed by atoms with E-state index < -0.39 is 0 Å². The van der Waals surface area contributed by atoms with E-state index in [-0.39, 0.29) is 24.0 Å². The van der Waals surface area contributed by atoms with E-state index in [9.17, 15) is 4.79 Å². The molecule has 0 aromatic heterocycles. The van der Waals surface area contributed by atoms with E-state index >= 15 is 0 Å². The number of nitrogens with zero attached hydrogens (tertiary/aromatic N) is 2. The van der Waals surface area contributed by atoms with Gasteiger partial charge in [0.2, 0.25) is 5.91 Å². The summed E-state index contributed by atoms with van der Waals surface area (Å²) in [7, 11) is 0. The number of halogens is 1. The number of hydroxylamine groups is 1. The highest BCUT2D eigenvalue weighted by Crippen LogP contribution is 2.45. The summed E-state index contributed by atoms with van der Waals surface area (Å²) in [5, 5.41) is 2.57. The summed E-state index contributed by atoms with van der Waals surface area (Å²) in [4.78, 5) is 21.8. The van der Waals surface area contributed by atoms with Gasteiger partial charge >= 0.3 is 0 Å². The molecular weight excluding hydrogens is 424 g/mol. The quantitative estimate of drug-likeness (QED) is 0.568. The van der Waals surface area contributed by atoms with Gasteiger partial charge < -0.3 is 0 Å². The smallest absolute Gasteiger partial charge is 0.236 e. The monoisotopic (exact) mass is 446 g/mol. The first-order chi connectivity index (χ1) is 14.1. The molecule has 0 saturated carbocycles. The number of carbonyl (C=O) groups excluding carboxylic acids is 1. The predicted molar refractivity (Wildman–Crippen MR) is 123 cm³/mol. The van der Waals surface area contributed by atoms with Crippen LogP contribution in [0.5, 0.6) is 0 Å². The van der Waals surface area contributed by atoms with E-state index in [1.54, 1.807) is 16.7 Å². The Morgan fingerprint density at radius 3 is 2.55 bits per heavy atom. The largest absolute Gasteiger partial charge is 0.297 e. The van der Waals surface area contributed by atoms with Crippen molar-refractivity contribution < 1.29 is 9.63 Å². The summed E-state index contributed by atoms with van der Waals surface area (Å²) in [6.07, 6.45) is 1.53. The highest BCUT2D eigenvalue weighted by Gasteiger charge is 2.50. The number of thioether (sulfide) groups is 1. The molecule has 0 N–H and O–H groups in total. The molecule has 0 bridgehead atoms. The Kier molecular flexibility index (Phi) is 6.44. The first-order valence-electron chi connectivity index (χ1n) is 9.84. The highest BCUT2D eigenvalue weighted by atomic mass is 35.5. The van der Waals surface area contributed by atoms with Crippen molar-refractivity contribution >= 4 is 51.5 Å². The molecule has 4 nitrogen and oxygen atoms in total. The lowest BCUT2D eigenvalue weighted by Gasteiger charge is -2.29. The molecule has 2 aliphatic rings. The van der Waals surface area contributed by atoms with Crippen LogP contribution in [0.15, 0.2) is 54.6 Å². The van der Waals surface area contributed by atoms with Gasteiger partial charge in [0.05, 0.1) is 23.8 Å². The third-order valence-corrected chi connectivity index (χ3v) is 7.03. The minimum Gasteiger partial charge on any atom is -0.297 e. The molecular formula is C22H23ClN2O2S2. The van der Waals surface area contributed by atoms with Crippen LogP contribution in [0.2, 0.25) is 5.02 Å². The van der Waals surface area contributed by atoms with Gasteiger partial charge in [-0.15, -0.1) is 0 Å². The minimum atomic E-state index is -0.340. The van der Waals surface area contributed by atoms with Gasteiger partial charge in [0.25, 0.3) is 0 Å². The average Bonchev–Trinajstić information content (AvgIpc) is 3.33. The number of benzene rings is 2. The summed E-state index contributed by atoms with van der Waals surface area (Å²) >= 11 is 13.1. The Bertz CT molecular complexity index is 878. The van der Waals surface area contributed by atoms with Gasteiger partial charge in [0.15, 0.2) is 0 Å². The molecule has 29 heavy (non-hydrogen) atoms. The van der Waals surface area contributed by atoms with E-state index in [1.165, 1.54) is 0 Å². The molecule has 2 saturated heterocycles. The van der Waals surface area contributed by atoms with E-state index in [0.29, 0.717) is 15.9 Å². The molecule has 152 valence electrons. The molecule has 0 radical (unpaired) electrons. The first kappa shape index (κ1) is 20.7. The summed E-state index contributed by atoms with van der Waals surface area (Å²) in [5.41, 5.74) is 1.94. The number of para-hydroxylation sites is 1. The van der Waals surface area contributed by atoms with Crippen molar-refractivity contribution in [1.82, 2.24) is 4.90 Å². The van der Waals surface area contributed by atoms with Crippen molar-refractivity contribution in [1.29, 1.82) is 0 Å².